The van der Waals surface area contributed by atoms with Crippen LogP contribution in [0.3, 0.4) is 0 Å². The van der Waals surface area contributed by atoms with Crippen molar-refractivity contribution in [3.8, 4) is 0 Å². The van der Waals surface area contributed by atoms with E-state index in [9.17, 15) is 9.90 Å². The molecule has 104 valence electrons. The summed E-state index contributed by atoms with van der Waals surface area (Å²) in [5.74, 6) is -0.741. The third kappa shape index (κ3) is 2.86. The molecule has 0 amide bonds. The topological polar surface area (TPSA) is 43.8 Å². The minimum Gasteiger partial charge on any atom is -0.481 e. The van der Waals surface area contributed by atoms with E-state index in [0.717, 1.165) is 38.9 Å². The number of hydrogen-bond donors (Lipinski definition) is 1. The fourth-order valence-corrected chi connectivity index (χ4v) is 3.63. The van der Waals surface area contributed by atoms with Gasteiger partial charge in [-0.15, -0.1) is 0 Å². The maximum atomic E-state index is 11.3. The molecular weight excluding hydrogens is 228 g/mol. The third-order valence-electron chi connectivity index (χ3n) is 4.90. The average Bonchev–Trinajstić information content (AvgIpc) is 2.87. The van der Waals surface area contributed by atoms with E-state index in [1.165, 1.54) is 12.8 Å². The molecule has 1 aliphatic heterocycles. The summed E-state index contributed by atoms with van der Waals surface area (Å²) < 4.78 is 0. The largest absolute Gasteiger partial charge is 0.481 e. The Morgan fingerprint density at radius 3 is 2.50 bits per heavy atom. The van der Waals surface area contributed by atoms with Crippen LogP contribution >= 0.6 is 0 Å². The molecule has 0 aromatic carbocycles. The molecule has 0 bridgehead atoms. The Kier molecular flexibility index (Phi) is 4.62. The first-order valence-corrected chi connectivity index (χ1v) is 7.30. The summed E-state index contributed by atoms with van der Waals surface area (Å²) in [5.41, 5.74) is 0. The van der Waals surface area contributed by atoms with Crippen molar-refractivity contribution in [3.05, 3.63) is 0 Å². The molecular formula is C14H26N2O2. The summed E-state index contributed by atoms with van der Waals surface area (Å²) in [7, 11) is 2.14. The Bertz CT molecular complexity index is 288. The molecule has 0 spiro atoms. The Morgan fingerprint density at radius 1 is 1.28 bits per heavy atom. The molecule has 18 heavy (non-hydrogen) atoms. The summed E-state index contributed by atoms with van der Waals surface area (Å²) in [6.45, 7) is 5.67. The van der Waals surface area contributed by atoms with E-state index in [0.29, 0.717) is 6.04 Å². The first-order valence-electron chi connectivity index (χ1n) is 7.30. The molecule has 2 unspecified atom stereocenters. The standard InChI is InChI=1S/C14H26N2O2/c1-3-16-9-7-11(8-10-16)15(2)13-6-4-5-12(13)14(17)18/h11-13H,3-10H2,1-2H3,(H,17,18). The number of piperidine rings is 1. The zero-order valence-corrected chi connectivity index (χ0v) is 11.6. The van der Waals surface area contributed by atoms with Crippen molar-refractivity contribution < 1.29 is 9.90 Å². The first kappa shape index (κ1) is 13.8. The predicted octanol–water partition coefficient (Wildman–Crippen LogP) is 1.66. The van der Waals surface area contributed by atoms with Gasteiger partial charge in [-0.1, -0.05) is 13.3 Å². The summed E-state index contributed by atoms with van der Waals surface area (Å²) in [5, 5.41) is 9.28. The Balaban J connectivity index is 1.91. The van der Waals surface area contributed by atoms with Crippen LogP contribution in [0.1, 0.15) is 39.0 Å². The highest BCUT2D eigenvalue weighted by molar-refractivity contribution is 5.71. The number of nitrogens with zero attached hydrogens (tertiary/aromatic N) is 2. The number of rotatable bonds is 4. The van der Waals surface area contributed by atoms with E-state index in [-0.39, 0.29) is 12.0 Å². The summed E-state index contributed by atoms with van der Waals surface area (Å²) in [6.07, 6.45) is 5.36. The summed E-state index contributed by atoms with van der Waals surface area (Å²) in [4.78, 5) is 16.1. The molecule has 0 aromatic heterocycles. The number of aliphatic carboxylic acids is 1. The Labute approximate surface area is 110 Å². The minimum absolute atomic E-state index is 0.140. The minimum atomic E-state index is -0.602. The van der Waals surface area contributed by atoms with Crippen molar-refractivity contribution in [1.82, 2.24) is 9.80 Å². The first-order chi connectivity index (χ1) is 8.63. The van der Waals surface area contributed by atoms with Crippen LogP contribution in [0.25, 0.3) is 0 Å². The van der Waals surface area contributed by atoms with Crippen molar-refractivity contribution >= 4 is 5.97 Å². The highest BCUT2D eigenvalue weighted by Gasteiger charge is 2.38. The van der Waals surface area contributed by atoms with Gasteiger partial charge in [0, 0.05) is 12.1 Å². The molecule has 2 aliphatic rings. The maximum absolute atomic E-state index is 11.3. The lowest BCUT2D eigenvalue weighted by molar-refractivity contribution is -0.143. The molecule has 1 N–H and O–H groups in total. The predicted molar refractivity (Wildman–Crippen MR) is 71.7 cm³/mol. The Morgan fingerprint density at radius 2 is 1.94 bits per heavy atom. The zero-order valence-electron chi connectivity index (χ0n) is 11.6. The normalized spacial score (nSPS) is 31.1. The molecule has 0 radical (unpaired) electrons. The van der Waals surface area contributed by atoms with Crippen LogP contribution in [0, 0.1) is 5.92 Å². The summed E-state index contributed by atoms with van der Waals surface area (Å²) >= 11 is 0. The fraction of sp³-hybridized carbons (Fsp3) is 0.929. The third-order valence-corrected chi connectivity index (χ3v) is 4.90. The molecule has 4 heteroatoms. The molecule has 0 aromatic rings. The van der Waals surface area contributed by atoms with E-state index in [2.05, 4.69) is 23.8 Å². The molecule has 1 aliphatic carbocycles. The van der Waals surface area contributed by atoms with Gasteiger partial charge in [-0.05, 0) is 52.4 Å². The smallest absolute Gasteiger partial charge is 0.308 e. The van der Waals surface area contributed by atoms with Gasteiger partial charge >= 0.3 is 5.97 Å². The molecule has 1 saturated carbocycles. The second-order valence-electron chi connectivity index (χ2n) is 5.77. The zero-order chi connectivity index (χ0) is 13.1. The van der Waals surface area contributed by atoms with Crippen molar-refractivity contribution in [3.63, 3.8) is 0 Å². The van der Waals surface area contributed by atoms with Crippen molar-refractivity contribution in [2.75, 3.05) is 26.7 Å². The lowest BCUT2D eigenvalue weighted by Gasteiger charge is -2.40. The molecule has 1 heterocycles. The van der Waals surface area contributed by atoms with Gasteiger partial charge in [-0.25, -0.2) is 0 Å². The number of carbonyl (C=O) groups is 1. The van der Waals surface area contributed by atoms with Crippen LogP contribution in [0.4, 0.5) is 0 Å². The lowest BCUT2D eigenvalue weighted by atomic mass is 9.97. The van der Waals surface area contributed by atoms with Gasteiger partial charge in [-0.2, -0.15) is 0 Å². The average molecular weight is 254 g/mol. The Hall–Kier alpha value is -0.610. The van der Waals surface area contributed by atoms with Crippen LogP contribution in [0.5, 0.6) is 0 Å². The highest BCUT2D eigenvalue weighted by atomic mass is 16.4. The second kappa shape index (κ2) is 6.02. The van der Waals surface area contributed by atoms with Gasteiger partial charge in [-0.3, -0.25) is 9.69 Å². The number of hydrogen-bond acceptors (Lipinski definition) is 3. The van der Waals surface area contributed by atoms with Crippen molar-refractivity contribution in [2.45, 2.75) is 51.1 Å². The van der Waals surface area contributed by atoms with Gasteiger partial charge in [0.05, 0.1) is 5.92 Å². The van der Waals surface area contributed by atoms with E-state index in [4.69, 9.17) is 0 Å². The maximum Gasteiger partial charge on any atom is 0.308 e. The second-order valence-corrected chi connectivity index (χ2v) is 5.77. The van der Waals surface area contributed by atoms with Crippen LogP contribution in [0.2, 0.25) is 0 Å². The molecule has 1 saturated heterocycles. The van der Waals surface area contributed by atoms with Crippen LogP contribution in [-0.2, 0) is 4.79 Å². The molecule has 2 atom stereocenters. The molecule has 4 nitrogen and oxygen atoms in total. The van der Waals surface area contributed by atoms with E-state index in [1.54, 1.807) is 0 Å². The highest BCUT2D eigenvalue weighted by Crippen LogP contribution is 2.32. The number of carboxylic acids is 1. The van der Waals surface area contributed by atoms with Crippen LogP contribution in [0.15, 0.2) is 0 Å². The van der Waals surface area contributed by atoms with Gasteiger partial charge < -0.3 is 10.0 Å². The van der Waals surface area contributed by atoms with E-state index < -0.39 is 5.97 Å². The van der Waals surface area contributed by atoms with Gasteiger partial charge in [0.1, 0.15) is 0 Å². The monoisotopic (exact) mass is 254 g/mol. The SMILES string of the molecule is CCN1CCC(N(C)C2CCCC2C(=O)O)CC1. The van der Waals surface area contributed by atoms with Crippen molar-refractivity contribution in [1.29, 1.82) is 0 Å². The lowest BCUT2D eigenvalue weighted by Crippen LogP contribution is -2.49. The van der Waals surface area contributed by atoms with Gasteiger partial charge in [0.2, 0.25) is 0 Å². The summed E-state index contributed by atoms with van der Waals surface area (Å²) in [6, 6.07) is 0.846. The van der Waals surface area contributed by atoms with Gasteiger partial charge in [0.15, 0.2) is 0 Å². The number of likely N-dealkylation sites (tertiary alicyclic amines) is 1. The molecule has 2 fully saturated rings. The van der Waals surface area contributed by atoms with Crippen LogP contribution < -0.4 is 0 Å². The van der Waals surface area contributed by atoms with Crippen LogP contribution in [-0.4, -0.2) is 59.6 Å². The quantitative estimate of drug-likeness (QED) is 0.828. The van der Waals surface area contributed by atoms with Gasteiger partial charge in [0.25, 0.3) is 0 Å². The van der Waals surface area contributed by atoms with E-state index >= 15 is 0 Å². The van der Waals surface area contributed by atoms with E-state index in [1.807, 2.05) is 0 Å². The molecule has 2 rings (SSSR count). The fourth-order valence-electron chi connectivity index (χ4n) is 3.63. The van der Waals surface area contributed by atoms with Crippen molar-refractivity contribution in [2.24, 2.45) is 5.92 Å². The number of carboxylic acid groups (broad SMARTS) is 1.